The second-order valence-electron chi connectivity index (χ2n) is 5.10. The topological polar surface area (TPSA) is 20.2 Å². The van der Waals surface area contributed by atoms with Crippen molar-refractivity contribution in [2.24, 2.45) is 5.92 Å². The van der Waals surface area contributed by atoms with Crippen molar-refractivity contribution in [2.45, 2.75) is 45.1 Å². The lowest BCUT2D eigenvalue weighted by Gasteiger charge is -2.36. The first-order valence-electron chi connectivity index (χ1n) is 5.90. The number of aryl methyl sites for hydroxylation is 1. The molecule has 1 aliphatic rings. The van der Waals surface area contributed by atoms with Gasteiger partial charge in [0.1, 0.15) is 0 Å². The van der Waals surface area contributed by atoms with Gasteiger partial charge in [0, 0.05) is 0 Å². The first-order chi connectivity index (χ1) is 7.10. The highest BCUT2D eigenvalue weighted by atomic mass is 16.3. The van der Waals surface area contributed by atoms with Crippen LogP contribution in [-0.2, 0) is 5.60 Å². The molecule has 1 aromatic rings. The van der Waals surface area contributed by atoms with Crippen LogP contribution >= 0.6 is 0 Å². The molecular weight excluding hydrogens is 184 g/mol. The van der Waals surface area contributed by atoms with Crippen LogP contribution in [0.2, 0.25) is 0 Å². The number of rotatable bonds is 1. The third kappa shape index (κ3) is 2.23. The molecule has 2 rings (SSSR count). The monoisotopic (exact) mass is 204 g/mol. The Kier molecular flexibility index (Phi) is 2.83. The number of aliphatic hydroxyl groups is 1. The molecule has 0 saturated heterocycles. The minimum Gasteiger partial charge on any atom is -0.385 e. The summed E-state index contributed by atoms with van der Waals surface area (Å²) in [6, 6.07) is 8.31. The maximum absolute atomic E-state index is 10.6. The van der Waals surface area contributed by atoms with E-state index in [1.165, 1.54) is 12.0 Å². The third-order valence-electron chi connectivity index (χ3n) is 3.53. The fourth-order valence-electron chi connectivity index (χ4n) is 2.72. The molecule has 15 heavy (non-hydrogen) atoms. The van der Waals surface area contributed by atoms with Gasteiger partial charge >= 0.3 is 0 Å². The maximum atomic E-state index is 10.6. The largest absolute Gasteiger partial charge is 0.385 e. The predicted octanol–water partition coefficient (Wildman–Crippen LogP) is 3.39. The summed E-state index contributed by atoms with van der Waals surface area (Å²) in [5.41, 5.74) is 1.78. The first-order valence-corrected chi connectivity index (χ1v) is 5.90. The fourth-order valence-corrected chi connectivity index (χ4v) is 2.72. The van der Waals surface area contributed by atoms with Crippen molar-refractivity contribution in [1.82, 2.24) is 0 Å². The van der Waals surface area contributed by atoms with E-state index >= 15 is 0 Å². The average molecular weight is 204 g/mol. The fraction of sp³-hybridized carbons (Fsp3) is 0.571. The maximum Gasteiger partial charge on any atom is 0.0899 e. The summed E-state index contributed by atoms with van der Waals surface area (Å²) < 4.78 is 0. The predicted molar refractivity (Wildman–Crippen MR) is 62.7 cm³/mol. The van der Waals surface area contributed by atoms with Crippen molar-refractivity contribution in [3.05, 3.63) is 35.4 Å². The Labute approximate surface area is 92.1 Å². The van der Waals surface area contributed by atoms with Crippen LogP contribution in [0.5, 0.6) is 0 Å². The highest BCUT2D eigenvalue weighted by molar-refractivity contribution is 5.27. The van der Waals surface area contributed by atoms with Gasteiger partial charge in [0.05, 0.1) is 5.60 Å². The Morgan fingerprint density at radius 1 is 1.40 bits per heavy atom. The standard InChI is InChI=1S/C14H20O/c1-11-5-3-7-13(9-11)14(15)8-4-6-12(2)10-14/h3,5,7,9,12,15H,4,6,8,10H2,1-2H3. The van der Waals surface area contributed by atoms with E-state index in [9.17, 15) is 5.11 Å². The molecule has 82 valence electrons. The second kappa shape index (κ2) is 3.97. The third-order valence-corrected chi connectivity index (χ3v) is 3.53. The van der Waals surface area contributed by atoms with Crippen molar-refractivity contribution in [2.75, 3.05) is 0 Å². The molecule has 1 saturated carbocycles. The van der Waals surface area contributed by atoms with E-state index < -0.39 is 5.60 Å². The van der Waals surface area contributed by atoms with Crippen LogP contribution in [0.25, 0.3) is 0 Å². The van der Waals surface area contributed by atoms with Gasteiger partial charge in [0.2, 0.25) is 0 Å². The van der Waals surface area contributed by atoms with Crippen molar-refractivity contribution in [3.8, 4) is 0 Å². The van der Waals surface area contributed by atoms with Gasteiger partial charge in [-0.05, 0) is 37.7 Å². The van der Waals surface area contributed by atoms with Crippen LogP contribution in [0.4, 0.5) is 0 Å². The minimum atomic E-state index is -0.566. The summed E-state index contributed by atoms with van der Waals surface area (Å²) in [7, 11) is 0. The van der Waals surface area contributed by atoms with Crippen molar-refractivity contribution in [3.63, 3.8) is 0 Å². The molecule has 0 amide bonds. The summed E-state index contributed by atoms with van der Waals surface area (Å²) in [4.78, 5) is 0. The van der Waals surface area contributed by atoms with Crippen LogP contribution in [-0.4, -0.2) is 5.11 Å². The van der Waals surface area contributed by atoms with Gasteiger partial charge < -0.3 is 5.11 Å². The van der Waals surface area contributed by atoms with Crippen molar-refractivity contribution in [1.29, 1.82) is 0 Å². The van der Waals surface area contributed by atoms with E-state index in [1.807, 2.05) is 6.07 Å². The molecule has 0 aliphatic heterocycles. The van der Waals surface area contributed by atoms with Crippen LogP contribution in [0, 0.1) is 12.8 Å². The Bertz CT molecular complexity index is 345. The molecule has 1 aliphatic carbocycles. The average Bonchev–Trinajstić information content (AvgIpc) is 2.17. The Morgan fingerprint density at radius 3 is 2.87 bits per heavy atom. The smallest absolute Gasteiger partial charge is 0.0899 e. The molecule has 1 aromatic carbocycles. The highest BCUT2D eigenvalue weighted by Gasteiger charge is 2.34. The first kappa shape index (κ1) is 10.7. The second-order valence-corrected chi connectivity index (χ2v) is 5.10. The van der Waals surface area contributed by atoms with E-state index in [1.54, 1.807) is 0 Å². The lowest BCUT2D eigenvalue weighted by molar-refractivity contribution is -0.0179. The molecular formula is C14H20O. The van der Waals surface area contributed by atoms with Gasteiger partial charge in [-0.1, -0.05) is 43.2 Å². The van der Waals surface area contributed by atoms with Gasteiger partial charge in [0.15, 0.2) is 0 Å². The summed E-state index contributed by atoms with van der Waals surface area (Å²) in [5, 5.41) is 10.6. The lowest BCUT2D eigenvalue weighted by Crippen LogP contribution is -2.31. The van der Waals surface area contributed by atoms with E-state index in [4.69, 9.17) is 0 Å². The van der Waals surface area contributed by atoms with E-state index in [2.05, 4.69) is 32.0 Å². The van der Waals surface area contributed by atoms with Gasteiger partial charge in [-0.2, -0.15) is 0 Å². The van der Waals surface area contributed by atoms with Crippen LogP contribution in [0.15, 0.2) is 24.3 Å². The van der Waals surface area contributed by atoms with Crippen molar-refractivity contribution >= 4 is 0 Å². The molecule has 1 nitrogen and oxygen atoms in total. The van der Waals surface area contributed by atoms with Crippen LogP contribution in [0.1, 0.15) is 43.7 Å². The molecule has 1 N–H and O–H groups in total. The zero-order valence-electron chi connectivity index (χ0n) is 9.66. The Hall–Kier alpha value is -0.820. The molecule has 2 atom stereocenters. The van der Waals surface area contributed by atoms with E-state index in [0.29, 0.717) is 5.92 Å². The van der Waals surface area contributed by atoms with E-state index in [-0.39, 0.29) is 0 Å². The number of hydrogen-bond acceptors (Lipinski definition) is 1. The van der Waals surface area contributed by atoms with Crippen LogP contribution < -0.4 is 0 Å². The van der Waals surface area contributed by atoms with Gasteiger partial charge in [-0.25, -0.2) is 0 Å². The summed E-state index contributed by atoms with van der Waals surface area (Å²) in [6.07, 6.45) is 4.23. The zero-order chi connectivity index (χ0) is 10.9. The molecule has 2 unspecified atom stereocenters. The molecule has 0 aromatic heterocycles. The lowest BCUT2D eigenvalue weighted by atomic mass is 9.75. The van der Waals surface area contributed by atoms with Gasteiger partial charge in [-0.15, -0.1) is 0 Å². The van der Waals surface area contributed by atoms with Gasteiger partial charge in [0.25, 0.3) is 0 Å². The zero-order valence-corrected chi connectivity index (χ0v) is 9.66. The summed E-state index contributed by atoms with van der Waals surface area (Å²) >= 11 is 0. The molecule has 0 bridgehead atoms. The number of hydrogen-bond donors (Lipinski definition) is 1. The van der Waals surface area contributed by atoms with E-state index in [0.717, 1.165) is 24.8 Å². The highest BCUT2D eigenvalue weighted by Crippen LogP contribution is 2.39. The minimum absolute atomic E-state index is 0.566. The van der Waals surface area contributed by atoms with Crippen LogP contribution in [0.3, 0.4) is 0 Å². The molecule has 1 heteroatoms. The van der Waals surface area contributed by atoms with Crippen molar-refractivity contribution < 1.29 is 5.11 Å². The Morgan fingerprint density at radius 2 is 2.20 bits per heavy atom. The molecule has 0 spiro atoms. The van der Waals surface area contributed by atoms with Gasteiger partial charge in [-0.3, -0.25) is 0 Å². The number of benzene rings is 1. The SMILES string of the molecule is Cc1cccc(C2(O)CCCC(C)C2)c1. The normalized spacial score (nSPS) is 31.5. The summed E-state index contributed by atoms with van der Waals surface area (Å²) in [6.45, 7) is 4.32. The summed E-state index contributed by atoms with van der Waals surface area (Å²) in [5.74, 6) is 0.643. The quantitative estimate of drug-likeness (QED) is 0.743. The molecule has 0 heterocycles. The molecule has 0 radical (unpaired) electrons. The molecule has 1 fully saturated rings. The Balaban J connectivity index is 2.28.